The van der Waals surface area contributed by atoms with Crippen molar-refractivity contribution in [2.24, 2.45) is 0 Å². The zero-order chi connectivity index (χ0) is 20.4. The van der Waals surface area contributed by atoms with Crippen LogP contribution in [0.25, 0.3) is 0 Å². The summed E-state index contributed by atoms with van der Waals surface area (Å²) in [6, 6.07) is 12.1. The first kappa shape index (κ1) is 19.9. The van der Waals surface area contributed by atoms with Crippen LogP contribution in [0.4, 0.5) is 11.4 Å². The minimum atomic E-state index is -3.64. The van der Waals surface area contributed by atoms with E-state index in [1.807, 2.05) is 18.2 Å². The molecule has 1 fully saturated rings. The Bertz CT molecular complexity index is 1020. The second-order valence-electron chi connectivity index (χ2n) is 7.17. The van der Waals surface area contributed by atoms with Crippen molar-refractivity contribution < 1.29 is 17.9 Å². The number of ether oxygens (including phenoxy) is 1. The molecule has 2 aliphatic heterocycles. The smallest absolute Gasteiger partial charge is 0.255 e. The molecule has 0 atom stereocenters. The quantitative estimate of drug-likeness (QED) is 0.811. The highest BCUT2D eigenvalue weighted by Crippen LogP contribution is 2.30. The summed E-state index contributed by atoms with van der Waals surface area (Å²) in [4.78, 5) is 15.2. The highest BCUT2D eigenvalue weighted by atomic mass is 32.2. The number of nitrogens with zero attached hydrogens (tertiary/aromatic N) is 2. The molecule has 0 radical (unpaired) electrons. The predicted molar refractivity (Wildman–Crippen MR) is 112 cm³/mol. The summed E-state index contributed by atoms with van der Waals surface area (Å²) in [5.41, 5.74) is 3.44. The molecular weight excluding hydrogens is 390 g/mol. The number of amides is 1. The lowest BCUT2D eigenvalue weighted by atomic mass is 10.1. The molecule has 154 valence electrons. The van der Waals surface area contributed by atoms with Gasteiger partial charge in [0.2, 0.25) is 10.0 Å². The molecule has 4 rings (SSSR count). The van der Waals surface area contributed by atoms with Gasteiger partial charge in [-0.2, -0.15) is 4.31 Å². The Morgan fingerprint density at radius 2 is 1.90 bits per heavy atom. The van der Waals surface area contributed by atoms with E-state index in [1.165, 1.54) is 22.0 Å². The second kappa shape index (κ2) is 8.14. The van der Waals surface area contributed by atoms with Crippen molar-refractivity contribution in [3.05, 3.63) is 53.6 Å². The molecule has 1 amide bonds. The van der Waals surface area contributed by atoms with Gasteiger partial charge in [0.1, 0.15) is 0 Å². The first-order valence-corrected chi connectivity index (χ1v) is 11.3. The Kier molecular flexibility index (Phi) is 5.58. The molecule has 2 heterocycles. The molecule has 2 aromatic carbocycles. The topological polar surface area (TPSA) is 79.0 Å². The van der Waals surface area contributed by atoms with Crippen LogP contribution in [-0.2, 0) is 21.2 Å². The van der Waals surface area contributed by atoms with Gasteiger partial charge in [-0.1, -0.05) is 12.1 Å². The second-order valence-corrected chi connectivity index (χ2v) is 9.11. The lowest BCUT2D eigenvalue weighted by Gasteiger charge is -2.26. The van der Waals surface area contributed by atoms with Crippen LogP contribution < -0.4 is 10.2 Å². The number of carbonyl (C=O) groups is 1. The van der Waals surface area contributed by atoms with E-state index in [2.05, 4.69) is 17.1 Å². The van der Waals surface area contributed by atoms with E-state index in [9.17, 15) is 13.2 Å². The molecule has 1 saturated heterocycles. The summed E-state index contributed by atoms with van der Waals surface area (Å²) in [5, 5.41) is 2.90. The van der Waals surface area contributed by atoms with Crippen molar-refractivity contribution in [2.75, 3.05) is 49.6 Å². The highest BCUT2D eigenvalue weighted by molar-refractivity contribution is 7.89. The van der Waals surface area contributed by atoms with Crippen LogP contribution in [0.15, 0.2) is 47.4 Å². The number of sulfonamides is 1. The maximum Gasteiger partial charge on any atom is 0.255 e. The van der Waals surface area contributed by atoms with E-state index in [0.29, 0.717) is 37.6 Å². The lowest BCUT2D eigenvalue weighted by Crippen LogP contribution is -2.40. The Morgan fingerprint density at radius 3 is 2.66 bits per heavy atom. The highest BCUT2D eigenvalue weighted by Gasteiger charge is 2.27. The molecule has 0 aromatic heterocycles. The Balaban J connectivity index is 1.54. The van der Waals surface area contributed by atoms with Gasteiger partial charge in [0.05, 0.1) is 18.1 Å². The SMILES string of the molecule is CCN1CCc2ccc(NC(=O)c3cccc(S(=O)(=O)N4CCOCC4)c3)cc21. The number of likely N-dealkylation sites (N-methyl/N-ethyl adjacent to an activating group) is 1. The maximum absolute atomic E-state index is 12.9. The predicted octanol–water partition coefficient (Wildman–Crippen LogP) is 2.34. The summed E-state index contributed by atoms with van der Waals surface area (Å²) in [6.07, 6.45) is 1.01. The number of nitrogens with one attached hydrogen (secondary N) is 1. The Labute approximate surface area is 171 Å². The van der Waals surface area contributed by atoms with E-state index < -0.39 is 10.0 Å². The zero-order valence-electron chi connectivity index (χ0n) is 16.4. The molecular formula is C21H25N3O4S. The number of anilines is 2. The van der Waals surface area contributed by atoms with Crippen molar-refractivity contribution in [2.45, 2.75) is 18.2 Å². The standard InChI is InChI=1S/C21H25N3O4S/c1-2-23-9-8-16-6-7-18(15-20(16)23)22-21(25)17-4-3-5-19(14-17)29(26,27)24-10-12-28-13-11-24/h3-7,14-15H,2,8-13H2,1H3,(H,22,25). The van der Waals surface area contributed by atoms with E-state index in [-0.39, 0.29) is 10.8 Å². The lowest BCUT2D eigenvalue weighted by molar-refractivity contribution is 0.0730. The summed E-state index contributed by atoms with van der Waals surface area (Å²) in [7, 11) is -3.64. The zero-order valence-corrected chi connectivity index (χ0v) is 17.2. The molecule has 0 bridgehead atoms. The van der Waals surface area contributed by atoms with Gasteiger partial charge in [-0.15, -0.1) is 0 Å². The van der Waals surface area contributed by atoms with Gasteiger partial charge in [0.15, 0.2) is 0 Å². The summed E-state index contributed by atoms with van der Waals surface area (Å²) >= 11 is 0. The number of morpholine rings is 1. The maximum atomic E-state index is 12.9. The van der Waals surface area contributed by atoms with E-state index in [1.54, 1.807) is 12.1 Å². The third-order valence-electron chi connectivity index (χ3n) is 5.42. The first-order valence-electron chi connectivity index (χ1n) is 9.86. The van der Waals surface area contributed by atoms with Gasteiger partial charge in [-0.3, -0.25) is 4.79 Å². The van der Waals surface area contributed by atoms with Crippen molar-refractivity contribution in [3.8, 4) is 0 Å². The molecule has 0 spiro atoms. The van der Waals surface area contributed by atoms with Crippen LogP contribution in [0.5, 0.6) is 0 Å². The van der Waals surface area contributed by atoms with Gasteiger partial charge in [-0.05, 0) is 49.2 Å². The van der Waals surface area contributed by atoms with Crippen molar-refractivity contribution >= 4 is 27.3 Å². The average Bonchev–Trinajstić information content (AvgIpc) is 3.17. The van der Waals surface area contributed by atoms with E-state index in [4.69, 9.17) is 4.74 Å². The average molecular weight is 416 g/mol. The van der Waals surface area contributed by atoms with Crippen LogP contribution in [0.2, 0.25) is 0 Å². The number of hydrogen-bond acceptors (Lipinski definition) is 5. The normalized spacial score (nSPS) is 17.2. The van der Waals surface area contributed by atoms with Gasteiger partial charge in [-0.25, -0.2) is 8.42 Å². The third kappa shape index (κ3) is 4.01. The number of carbonyl (C=O) groups excluding carboxylic acids is 1. The molecule has 0 saturated carbocycles. The first-order chi connectivity index (χ1) is 14.0. The fraction of sp³-hybridized carbons (Fsp3) is 0.381. The molecule has 0 aliphatic carbocycles. The molecule has 0 unspecified atom stereocenters. The van der Waals surface area contributed by atoms with Crippen LogP contribution in [-0.4, -0.2) is 58.0 Å². The van der Waals surface area contributed by atoms with Crippen LogP contribution in [0.1, 0.15) is 22.8 Å². The van der Waals surface area contributed by atoms with E-state index >= 15 is 0 Å². The Hall–Kier alpha value is -2.42. The molecule has 29 heavy (non-hydrogen) atoms. The van der Waals surface area contributed by atoms with Gasteiger partial charge < -0.3 is 15.0 Å². The monoisotopic (exact) mass is 415 g/mol. The van der Waals surface area contributed by atoms with Crippen molar-refractivity contribution in [3.63, 3.8) is 0 Å². The summed E-state index contributed by atoms with van der Waals surface area (Å²) in [6.45, 7) is 5.43. The van der Waals surface area contributed by atoms with Crippen LogP contribution >= 0.6 is 0 Å². The summed E-state index contributed by atoms with van der Waals surface area (Å²) in [5.74, 6) is -0.329. The van der Waals surface area contributed by atoms with Gasteiger partial charge in [0.25, 0.3) is 5.91 Å². The largest absolute Gasteiger partial charge is 0.379 e. The minimum Gasteiger partial charge on any atom is -0.379 e. The van der Waals surface area contributed by atoms with Crippen LogP contribution in [0, 0.1) is 0 Å². The fourth-order valence-corrected chi connectivity index (χ4v) is 5.24. The number of fused-ring (bicyclic) bond motifs is 1. The fourth-order valence-electron chi connectivity index (χ4n) is 3.79. The molecule has 7 nitrogen and oxygen atoms in total. The van der Waals surface area contributed by atoms with Crippen molar-refractivity contribution in [1.29, 1.82) is 0 Å². The molecule has 1 N–H and O–H groups in total. The van der Waals surface area contributed by atoms with Crippen molar-refractivity contribution in [1.82, 2.24) is 4.31 Å². The molecule has 2 aliphatic rings. The van der Waals surface area contributed by atoms with Crippen LogP contribution in [0.3, 0.4) is 0 Å². The summed E-state index contributed by atoms with van der Waals surface area (Å²) < 4.78 is 32.3. The Morgan fingerprint density at radius 1 is 1.10 bits per heavy atom. The molecule has 2 aromatic rings. The number of rotatable bonds is 5. The third-order valence-corrected chi connectivity index (χ3v) is 7.32. The van der Waals surface area contributed by atoms with Gasteiger partial charge >= 0.3 is 0 Å². The van der Waals surface area contributed by atoms with Gasteiger partial charge in [0, 0.05) is 43.1 Å². The minimum absolute atomic E-state index is 0.123. The number of benzene rings is 2. The molecule has 8 heteroatoms. The van der Waals surface area contributed by atoms with E-state index in [0.717, 1.165) is 25.2 Å². The number of hydrogen-bond donors (Lipinski definition) is 1.